The van der Waals surface area contributed by atoms with E-state index in [1.807, 2.05) is 6.07 Å². The molecule has 0 bridgehead atoms. The van der Waals surface area contributed by atoms with E-state index in [9.17, 15) is 9.90 Å². The van der Waals surface area contributed by atoms with Crippen LogP contribution in [0.2, 0.25) is 0 Å². The Labute approximate surface area is 188 Å². The van der Waals surface area contributed by atoms with Crippen LogP contribution in [0.5, 0.6) is 5.75 Å². The van der Waals surface area contributed by atoms with Crippen molar-refractivity contribution in [1.29, 1.82) is 0 Å². The maximum absolute atomic E-state index is 11.3. The molecule has 170 valence electrons. The van der Waals surface area contributed by atoms with Crippen LogP contribution in [0.4, 0.5) is 4.79 Å². The molecule has 0 aliphatic rings. The topological polar surface area (TPSA) is 46.5 Å². The van der Waals surface area contributed by atoms with Crippen LogP contribution in [-0.4, -0.2) is 11.3 Å². The monoisotopic (exact) mass is 424 g/mol. The maximum Gasteiger partial charge on any atom is 0.511 e. The minimum Gasteiger partial charge on any atom is -0.449 e. The molecule has 0 amide bonds. The molecule has 2 rings (SSSR count). The molecule has 0 atom stereocenters. The number of rotatable bonds is 15. The first kappa shape index (κ1) is 25.0. The summed E-state index contributed by atoms with van der Waals surface area (Å²) in [6.45, 7) is 4.47. The third-order valence-corrected chi connectivity index (χ3v) is 5.97. The Morgan fingerprint density at radius 3 is 2.00 bits per heavy atom. The van der Waals surface area contributed by atoms with E-state index in [2.05, 4.69) is 44.2 Å². The van der Waals surface area contributed by atoms with Crippen LogP contribution >= 0.6 is 0 Å². The first-order valence-electron chi connectivity index (χ1n) is 12.3. The molecule has 0 aromatic heterocycles. The molecule has 0 aliphatic carbocycles. The van der Waals surface area contributed by atoms with Gasteiger partial charge in [-0.25, -0.2) is 4.79 Å². The Bertz CT molecular complexity index is 782. The van der Waals surface area contributed by atoms with Crippen LogP contribution in [0.25, 0.3) is 11.1 Å². The van der Waals surface area contributed by atoms with E-state index < -0.39 is 6.16 Å². The van der Waals surface area contributed by atoms with Gasteiger partial charge in [0.2, 0.25) is 0 Å². The number of carboxylic acid groups (broad SMARTS) is 1. The van der Waals surface area contributed by atoms with Gasteiger partial charge in [-0.15, -0.1) is 0 Å². The van der Waals surface area contributed by atoms with Gasteiger partial charge >= 0.3 is 6.16 Å². The Kier molecular flexibility index (Phi) is 11.8. The van der Waals surface area contributed by atoms with Gasteiger partial charge in [-0.2, -0.15) is 0 Å². The third-order valence-electron chi connectivity index (χ3n) is 5.97. The SMILES string of the molecule is CCCCCCCCCCc1c(OC(=O)O)cccc1-c1ccccc1CCCCC. The Hall–Kier alpha value is -2.29. The van der Waals surface area contributed by atoms with Crippen molar-refractivity contribution in [3.05, 3.63) is 53.6 Å². The molecule has 3 heteroatoms. The molecule has 0 saturated heterocycles. The first-order chi connectivity index (χ1) is 15.2. The van der Waals surface area contributed by atoms with Gasteiger partial charge in [-0.1, -0.05) is 108 Å². The van der Waals surface area contributed by atoms with E-state index in [-0.39, 0.29) is 0 Å². The predicted octanol–water partition coefficient (Wildman–Crippen LogP) is 8.83. The standard InChI is InChI=1S/C28H40O3/c1-3-5-7-8-9-10-11-13-20-26-25(21-16-22-27(26)31-28(29)30)24-19-15-14-18-23(24)17-12-6-4-2/h14-16,18-19,21-22H,3-13,17,20H2,1-2H3,(H,29,30). The predicted molar refractivity (Wildman–Crippen MR) is 130 cm³/mol. The largest absolute Gasteiger partial charge is 0.511 e. The normalized spacial score (nSPS) is 10.9. The second-order valence-electron chi connectivity index (χ2n) is 8.49. The van der Waals surface area contributed by atoms with Crippen molar-refractivity contribution in [3.63, 3.8) is 0 Å². The van der Waals surface area contributed by atoms with Gasteiger partial charge in [-0.3, -0.25) is 0 Å². The molecule has 31 heavy (non-hydrogen) atoms. The minimum absolute atomic E-state index is 0.483. The lowest BCUT2D eigenvalue weighted by molar-refractivity contribution is 0.144. The fraction of sp³-hybridized carbons (Fsp3) is 0.536. The highest BCUT2D eigenvalue weighted by molar-refractivity contribution is 5.74. The molecule has 3 nitrogen and oxygen atoms in total. The van der Waals surface area contributed by atoms with E-state index >= 15 is 0 Å². The summed E-state index contributed by atoms with van der Waals surface area (Å²) in [7, 11) is 0. The molecule has 0 radical (unpaired) electrons. The average molecular weight is 425 g/mol. The summed E-state index contributed by atoms with van der Waals surface area (Å²) in [5.41, 5.74) is 4.69. The summed E-state index contributed by atoms with van der Waals surface area (Å²) in [5.74, 6) is 0.483. The van der Waals surface area contributed by atoms with Crippen molar-refractivity contribution < 1.29 is 14.6 Å². The molecule has 0 spiro atoms. The zero-order valence-electron chi connectivity index (χ0n) is 19.5. The van der Waals surface area contributed by atoms with Gasteiger partial charge in [0.15, 0.2) is 0 Å². The van der Waals surface area contributed by atoms with E-state index in [0.717, 1.165) is 30.4 Å². The van der Waals surface area contributed by atoms with Gasteiger partial charge in [0.05, 0.1) is 0 Å². The molecular weight excluding hydrogens is 384 g/mol. The minimum atomic E-state index is -1.24. The number of ether oxygens (including phenoxy) is 1. The van der Waals surface area contributed by atoms with Crippen LogP contribution in [-0.2, 0) is 12.8 Å². The average Bonchev–Trinajstić information content (AvgIpc) is 2.76. The highest BCUT2D eigenvalue weighted by Gasteiger charge is 2.15. The molecule has 0 heterocycles. The third kappa shape index (κ3) is 8.77. The lowest BCUT2D eigenvalue weighted by Crippen LogP contribution is -2.07. The van der Waals surface area contributed by atoms with E-state index in [0.29, 0.717) is 5.75 Å². The summed E-state index contributed by atoms with van der Waals surface area (Å²) in [5, 5.41) is 9.24. The first-order valence-corrected chi connectivity index (χ1v) is 12.3. The van der Waals surface area contributed by atoms with Gasteiger partial charge in [0.25, 0.3) is 0 Å². The fourth-order valence-electron chi connectivity index (χ4n) is 4.27. The summed E-state index contributed by atoms with van der Waals surface area (Å²) in [6.07, 6.45) is 14.3. The molecule has 0 aliphatic heterocycles. The van der Waals surface area contributed by atoms with Crippen LogP contribution in [0.3, 0.4) is 0 Å². The molecule has 0 saturated carbocycles. The smallest absolute Gasteiger partial charge is 0.449 e. The second kappa shape index (κ2) is 14.7. The number of carbonyl (C=O) groups is 1. The van der Waals surface area contributed by atoms with Crippen molar-refractivity contribution in [2.45, 2.75) is 97.3 Å². The zero-order valence-corrected chi connectivity index (χ0v) is 19.5. The number of hydrogen-bond donors (Lipinski definition) is 1. The summed E-state index contributed by atoms with van der Waals surface area (Å²) in [4.78, 5) is 11.3. The van der Waals surface area contributed by atoms with Gasteiger partial charge < -0.3 is 9.84 Å². The quantitative estimate of drug-likeness (QED) is 0.176. The Morgan fingerprint density at radius 1 is 0.710 bits per heavy atom. The Morgan fingerprint density at radius 2 is 1.29 bits per heavy atom. The number of unbranched alkanes of at least 4 members (excludes halogenated alkanes) is 9. The van der Waals surface area contributed by atoms with Crippen LogP contribution < -0.4 is 4.74 Å². The highest BCUT2D eigenvalue weighted by Crippen LogP contribution is 2.35. The van der Waals surface area contributed by atoms with Gasteiger partial charge in [-0.05, 0) is 48.4 Å². The van der Waals surface area contributed by atoms with E-state index in [1.165, 1.54) is 75.3 Å². The number of benzene rings is 2. The molecule has 1 N–H and O–H groups in total. The molecular formula is C28H40O3. The number of hydrogen-bond acceptors (Lipinski definition) is 2. The van der Waals surface area contributed by atoms with Crippen LogP contribution in [0.1, 0.15) is 95.6 Å². The summed E-state index contributed by atoms with van der Waals surface area (Å²) < 4.78 is 5.19. The number of aryl methyl sites for hydroxylation is 1. The van der Waals surface area contributed by atoms with Crippen molar-refractivity contribution in [2.24, 2.45) is 0 Å². The molecule has 2 aromatic carbocycles. The van der Waals surface area contributed by atoms with Crippen molar-refractivity contribution in [1.82, 2.24) is 0 Å². The van der Waals surface area contributed by atoms with Crippen LogP contribution in [0, 0.1) is 0 Å². The second-order valence-corrected chi connectivity index (χ2v) is 8.49. The lowest BCUT2D eigenvalue weighted by Gasteiger charge is -2.17. The van der Waals surface area contributed by atoms with Crippen molar-refractivity contribution >= 4 is 6.16 Å². The van der Waals surface area contributed by atoms with Gasteiger partial charge in [0, 0.05) is 5.56 Å². The molecule has 0 fully saturated rings. The van der Waals surface area contributed by atoms with E-state index in [4.69, 9.17) is 4.74 Å². The van der Waals surface area contributed by atoms with Crippen molar-refractivity contribution in [2.75, 3.05) is 0 Å². The lowest BCUT2D eigenvalue weighted by atomic mass is 9.90. The van der Waals surface area contributed by atoms with Crippen molar-refractivity contribution in [3.8, 4) is 16.9 Å². The van der Waals surface area contributed by atoms with Crippen LogP contribution in [0.15, 0.2) is 42.5 Å². The zero-order chi connectivity index (χ0) is 22.3. The summed E-state index contributed by atoms with van der Waals surface area (Å²) in [6, 6.07) is 14.4. The summed E-state index contributed by atoms with van der Waals surface area (Å²) >= 11 is 0. The molecule has 0 unspecified atom stereocenters. The van der Waals surface area contributed by atoms with Gasteiger partial charge in [0.1, 0.15) is 5.75 Å². The molecule has 2 aromatic rings. The highest BCUT2D eigenvalue weighted by atomic mass is 16.7. The maximum atomic E-state index is 11.3. The fourth-order valence-corrected chi connectivity index (χ4v) is 4.27. The van der Waals surface area contributed by atoms with E-state index in [1.54, 1.807) is 6.07 Å². The Balaban J connectivity index is 2.15.